The number of carbonyl (C=O) groups is 1. The third-order valence-electron chi connectivity index (χ3n) is 7.12. The summed E-state index contributed by atoms with van der Waals surface area (Å²) in [5.41, 5.74) is 3.46. The maximum atomic E-state index is 12.3. The fraction of sp³-hybridized carbons (Fsp3) is 0.556. The highest BCUT2D eigenvalue weighted by Gasteiger charge is 2.54. The van der Waals surface area contributed by atoms with Crippen molar-refractivity contribution in [1.29, 1.82) is 0 Å². The first-order valence-corrected chi connectivity index (χ1v) is 12.4. The molecule has 0 saturated carbocycles. The van der Waals surface area contributed by atoms with Gasteiger partial charge < -0.3 is 28.9 Å². The summed E-state index contributed by atoms with van der Waals surface area (Å²) in [6, 6.07) is 8.13. The Hall–Kier alpha value is -3.16. The van der Waals surface area contributed by atoms with Gasteiger partial charge in [0.1, 0.15) is 22.9 Å². The molecule has 1 spiro atoms. The van der Waals surface area contributed by atoms with Crippen LogP contribution in [0.2, 0.25) is 0 Å². The Bertz CT molecular complexity index is 1100. The molecule has 3 aliphatic heterocycles. The van der Waals surface area contributed by atoms with Crippen molar-refractivity contribution >= 4 is 17.6 Å². The van der Waals surface area contributed by atoms with E-state index in [4.69, 9.17) is 19.2 Å². The zero-order chi connectivity index (χ0) is 24.8. The summed E-state index contributed by atoms with van der Waals surface area (Å²) in [6.45, 7) is 10.9. The Balaban J connectivity index is 1.26. The number of carbonyl (C=O) groups excluding carboxylic acids is 1. The molecular formula is C27H36N4O4. The van der Waals surface area contributed by atoms with Gasteiger partial charge in [0.05, 0.1) is 14.2 Å². The lowest BCUT2D eigenvalue weighted by molar-refractivity contribution is -0.0453. The first-order chi connectivity index (χ1) is 16.7. The summed E-state index contributed by atoms with van der Waals surface area (Å²) in [4.78, 5) is 23.8. The maximum Gasteiger partial charge on any atom is 0.410 e. The number of aromatic nitrogens is 1. The van der Waals surface area contributed by atoms with Crippen LogP contribution in [0.25, 0.3) is 0 Å². The molecule has 1 aromatic carbocycles. The molecule has 2 saturated heterocycles. The maximum absolute atomic E-state index is 12.3. The largest absolute Gasteiger partial charge is 0.497 e. The molecule has 0 atom stereocenters. The van der Waals surface area contributed by atoms with E-state index in [0.717, 1.165) is 75.0 Å². The Labute approximate surface area is 207 Å². The molecule has 1 amide bonds. The van der Waals surface area contributed by atoms with E-state index in [-0.39, 0.29) is 11.5 Å². The van der Waals surface area contributed by atoms with Gasteiger partial charge in [0.15, 0.2) is 0 Å². The number of ether oxygens (including phenoxy) is 3. The molecule has 0 aliphatic carbocycles. The van der Waals surface area contributed by atoms with E-state index in [2.05, 4.69) is 21.9 Å². The number of hydrogen-bond donors (Lipinski definition) is 0. The Morgan fingerprint density at radius 1 is 1.09 bits per heavy atom. The van der Waals surface area contributed by atoms with Crippen molar-refractivity contribution in [2.75, 3.05) is 56.7 Å². The first-order valence-electron chi connectivity index (χ1n) is 12.4. The van der Waals surface area contributed by atoms with Gasteiger partial charge in [-0.1, -0.05) is 0 Å². The number of rotatable bonds is 5. The number of nitrogens with zero attached hydrogens (tertiary/aromatic N) is 4. The number of benzene rings is 1. The molecule has 8 nitrogen and oxygen atoms in total. The molecule has 35 heavy (non-hydrogen) atoms. The smallest absolute Gasteiger partial charge is 0.410 e. The molecule has 0 bridgehead atoms. The van der Waals surface area contributed by atoms with Crippen LogP contribution in [0.15, 0.2) is 30.5 Å². The third kappa shape index (κ3) is 4.58. The van der Waals surface area contributed by atoms with Gasteiger partial charge in [-0.3, -0.25) is 0 Å². The third-order valence-corrected chi connectivity index (χ3v) is 7.12. The van der Waals surface area contributed by atoms with E-state index in [0.29, 0.717) is 0 Å². The van der Waals surface area contributed by atoms with Crippen molar-refractivity contribution in [1.82, 2.24) is 9.88 Å². The number of fused-ring (bicyclic) bond motifs is 1. The second-order valence-corrected chi connectivity index (χ2v) is 11.0. The van der Waals surface area contributed by atoms with E-state index >= 15 is 0 Å². The number of pyridine rings is 1. The topological polar surface area (TPSA) is 67.4 Å². The fourth-order valence-electron chi connectivity index (χ4n) is 5.53. The van der Waals surface area contributed by atoms with Crippen molar-refractivity contribution in [3.8, 4) is 11.5 Å². The van der Waals surface area contributed by atoms with Gasteiger partial charge in [-0.2, -0.15) is 0 Å². The van der Waals surface area contributed by atoms with Gasteiger partial charge in [-0.05, 0) is 51.8 Å². The quantitative estimate of drug-likeness (QED) is 0.638. The van der Waals surface area contributed by atoms with Crippen molar-refractivity contribution in [2.45, 2.75) is 45.8 Å². The standard InChI is InChI=1S/C27H36N4O4/c1-26(2,3)35-25(32)31-17-27(18-31)15-30(16-27)22-10-11-28-24-21(22)7-6-12-29(24)14-19-8-9-20(33-4)13-23(19)34-5/h8-11,13H,6-7,12,14-18H2,1-5H3. The highest BCUT2D eigenvalue weighted by molar-refractivity contribution is 5.71. The molecule has 0 unspecified atom stereocenters. The van der Waals surface area contributed by atoms with E-state index < -0.39 is 5.60 Å². The van der Waals surface area contributed by atoms with Crippen LogP contribution in [0.1, 0.15) is 38.3 Å². The molecule has 8 heteroatoms. The van der Waals surface area contributed by atoms with Crippen LogP contribution in [-0.2, 0) is 17.7 Å². The minimum Gasteiger partial charge on any atom is -0.497 e. The Kier molecular flexibility index (Phi) is 5.93. The van der Waals surface area contributed by atoms with Gasteiger partial charge in [-0.15, -0.1) is 0 Å². The lowest BCUT2D eigenvalue weighted by Gasteiger charge is -2.60. The van der Waals surface area contributed by atoms with Gasteiger partial charge in [0.25, 0.3) is 0 Å². The lowest BCUT2D eigenvalue weighted by atomic mass is 9.72. The van der Waals surface area contributed by atoms with E-state index in [1.165, 1.54) is 11.3 Å². The van der Waals surface area contributed by atoms with Crippen molar-refractivity contribution in [3.05, 3.63) is 41.6 Å². The Morgan fingerprint density at radius 2 is 1.86 bits per heavy atom. The molecule has 188 valence electrons. The number of likely N-dealkylation sites (tertiary alicyclic amines) is 1. The fourth-order valence-corrected chi connectivity index (χ4v) is 5.53. The predicted molar refractivity (Wildman–Crippen MR) is 136 cm³/mol. The molecule has 4 heterocycles. The van der Waals surface area contributed by atoms with E-state index in [9.17, 15) is 4.79 Å². The van der Waals surface area contributed by atoms with Gasteiger partial charge in [-0.25, -0.2) is 9.78 Å². The first kappa shape index (κ1) is 23.6. The zero-order valence-corrected chi connectivity index (χ0v) is 21.5. The summed E-state index contributed by atoms with van der Waals surface area (Å²) in [7, 11) is 3.36. The number of amides is 1. The van der Waals surface area contributed by atoms with Crippen LogP contribution in [-0.4, -0.2) is 68.5 Å². The summed E-state index contributed by atoms with van der Waals surface area (Å²) >= 11 is 0. The molecule has 1 aromatic heterocycles. The van der Waals surface area contributed by atoms with Crippen molar-refractivity contribution in [2.24, 2.45) is 5.41 Å². The van der Waals surface area contributed by atoms with E-state index in [1.54, 1.807) is 14.2 Å². The molecule has 0 radical (unpaired) electrons. The van der Waals surface area contributed by atoms with Crippen LogP contribution in [0.5, 0.6) is 11.5 Å². The monoisotopic (exact) mass is 480 g/mol. The van der Waals surface area contributed by atoms with Gasteiger partial charge >= 0.3 is 6.09 Å². The van der Waals surface area contributed by atoms with Crippen LogP contribution in [0.3, 0.4) is 0 Å². The highest BCUT2D eigenvalue weighted by atomic mass is 16.6. The molecule has 2 fully saturated rings. The SMILES string of the molecule is COc1ccc(CN2CCCc3c(N4CC5(CN(C(=O)OC(C)(C)C)C5)C4)ccnc32)c(OC)c1. The Morgan fingerprint density at radius 3 is 2.54 bits per heavy atom. The normalized spacial score (nSPS) is 18.5. The summed E-state index contributed by atoms with van der Waals surface area (Å²) in [6.07, 6.45) is 3.85. The van der Waals surface area contributed by atoms with Crippen molar-refractivity contribution < 1.29 is 19.0 Å². The van der Waals surface area contributed by atoms with Crippen LogP contribution < -0.4 is 19.3 Å². The van der Waals surface area contributed by atoms with E-state index in [1.807, 2.05) is 44.0 Å². The second kappa shape index (κ2) is 8.81. The van der Waals surface area contributed by atoms with Crippen LogP contribution in [0.4, 0.5) is 16.3 Å². The van der Waals surface area contributed by atoms with Crippen molar-refractivity contribution in [3.63, 3.8) is 0 Å². The average molecular weight is 481 g/mol. The van der Waals surface area contributed by atoms with Crippen LogP contribution in [0, 0.1) is 5.41 Å². The molecule has 0 N–H and O–H groups in total. The minimum absolute atomic E-state index is 0.192. The molecule has 3 aliphatic rings. The minimum atomic E-state index is -0.455. The second-order valence-electron chi connectivity index (χ2n) is 11.0. The summed E-state index contributed by atoms with van der Waals surface area (Å²) in [5, 5.41) is 0. The number of hydrogen-bond acceptors (Lipinski definition) is 7. The van der Waals surface area contributed by atoms with Crippen LogP contribution >= 0.6 is 0 Å². The summed E-state index contributed by atoms with van der Waals surface area (Å²) < 4.78 is 16.5. The average Bonchev–Trinajstić information content (AvgIpc) is 2.76. The highest BCUT2D eigenvalue weighted by Crippen LogP contribution is 2.45. The number of methoxy groups -OCH3 is 2. The molecule has 2 aromatic rings. The van der Waals surface area contributed by atoms with Gasteiger partial charge in [0.2, 0.25) is 0 Å². The van der Waals surface area contributed by atoms with Gasteiger partial charge in [0, 0.05) is 73.8 Å². The number of anilines is 2. The summed E-state index contributed by atoms with van der Waals surface area (Å²) in [5.74, 6) is 2.69. The zero-order valence-electron chi connectivity index (χ0n) is 21.5. The predicted octanol–water partition coefficient (Wildman–Crippen LogP) is 4.11. The molecule has 5 rings (SSSR count). The molecular weight excluding hydrogens is 444 g/mol. The lowest BCUT2D eigenvalue weighted by Crippen LogP contribution is -2.73.